The van der Waals surface area contributed by atoms with Crippen LogP contribution in [0.3, 0.4) is 0 Å². The van der Waals surface area contributed by atoms with E-state index in [0.29, 0.717) is 52.4 Å². The van der Waals surface area contributed by atoms with Crippen molar-refractivity contribution in [3.8, 4) is 136 Å². The quantitative estimate of drug-likeness (QED) is 0.114. The summed E-state index contributed by atoms with van der Waals surface area (Å²) < 4.78 is 0. The number of nitrogens with zero attached hydrogens (tertiary/aromatic N) is 12. The highest BCUT2D eigenvalue weighted by atomic mass is 15.1. The summed E-state index contributed by atoms with van der Waals surface area (Å²) in [6.45, 7) is 0. The van der Waals surface area contributed by atoms with Gasteiger partial charge in [0.25, 0.3) is 0 Å². The number of fused-ring (bicyclic) bond motifs is 9. The third kappa shape index (κ3) is 15.5. The Morgan fingerprint density at radius 2 is 0.413 bits per heavy atom. The molecule has 0 N–H and O–H groups in total. The highest BCUT2D eigenvalue weighted by Gasteiger charge is 2.20. The van der Waals surface area contributed by atoms with Crippen molar-refractivity contribution in [2.24, 2.45) is 0 Å². The standard InChI is InChI=1S/3C38H24N4/c1-3-11-28-22-32(18-16-25(28)8-1)37-40-36(41-38(42-37)33-19-17-26-9-2-4-12-29(26)23-33)31-14-7-13-30(24-31)35-34-15-6-5-10-27(34)20-21-39-35;1-3-11-28-22-32(18-16-25(28)8-1)37-40-36(41-38(42-37)33-19-17-26-9-2-4-12-29(26)23-33)31-14-7-13-30(24-31)35-21-20-27-10-5-6-15-34(27)39-35;1-3-9-29-21-32(19-15-25(29)7-1)37-40-36(41-38(42-37)33-20-16-26-8-2-4-10-30(26)22-33)28-17-13-27(14-18-28)34-23-31-11-5-6-12-35(31)39-24-34/h3*1-24H. The molecule has 12 nitrogen and oxygen atoms in total. The minimum Gasteiger partial charge on any atom is -0.256 e. The van der Waals surface area contributed by atoms with Gasteiger partial charge in [-0.25, -0.2) is 49.8 Å². The molecular formula is C114H72N12. The predicted octanol–water partition coefficient (Wildman–Crippen LogP) is 28.2. The second-order valence-electron chi connectivity index (χ2n) is 31.2. The molecule has 0 aliphatic heterocycles. The van der Waals surface area contributed by atoms with Crippen molar-refractivity contribution in [1.82, 2.24) is 59.8 Å². The van der Waals surface area contributed by atoms with Crippen LogP contribution >= 0.6 is 0 Å². The number of aromatic nitrogens is 12. The van der Waals surface area contributed by atoms with E-state index in [2.05, 4.69) is 369 Å². The first-order chi connectivity index (χ1) is 62.3. The molecule has 0 saturated heterocycles. The number of para-hydroxylation sites is 2. The van der Waals surface area contributed by atoms with E-state index in [4.69, 9.17) is 54.8 Å². The van der Waals surface area contributed by atoms with Gasteiger partial charge < -0.3 is 0 Å². The molecule has 0 spiro atoms. The summed E-state index contributed by atoms with van der Waals surface area (Å²) in [4.78, 5) is 59.3. The van der Waals surface area contributed by atoms with Gasteiger partial charge in [-0.1, -0.05) is 346 Å². The van der Waals surface area contributed by atoms with Crippen molar-refractivity contribution >= 4 is 97.2 Å². The summed E-state index contributed by atoms with van der Waals surface area (Å²) >= 11 is 0. The lowest BCUT2D eigenvalue weighted by atomic mass is 10.0. The highest BCUT2D eigenvalue weighted by Crippen LogP contribution is 2.38. The molecule has 126 heavy (non-hydrogen) atoms. The Bertz CT molecular complexity index is 8040. The average Bonchev–Trinajstić information content (AvgIpc) is 0.782. The normalized spacial score (nSPS) is 11.3. The fraction of sp³-hybridized carbons (Fsp3) is 0. The van der Waals surface area contributed by atoms with Crippen molar-refractivity contribution in [2.45, 2.75) is 0 Å². The first-order valence-corrected chi connectivity index (χ1v) is 41.9. The Labute approximate surface area is 725 Å². The first-order valence-electron chi connectivity index (χ1n) is 41.9. The Balaban J connectivity index is 0.000000112. The van der Waals surface area contributed by atoms with E-state index in [1.165, 1.54) is 32.3 Å². The molecule has 0 amide bonds. The van der Waals surface area contributed by atoms with Crippen LogP contribution in [-0.2, 0) is 0 Å². The third-order valence-corrected chi connectivity index (χ3v) is 23.1. The molecule has 0 atom stereocenters. The van der Waals surface area contributed by atoms with Crippen LogP contribution < -0.4 is 0 Å². The van der Waals surface area contributed by atoms with Crippen molar-refractivity contribution in [2.75, 3.05) is 0 Å². The number of hydrogen-bond acceptors (Lipinski definition) is 12. The van der Waals surface area contributed by atoms with Crippen LogP contribution in [0.1, 0.15) is 0 Å². The molecule has 0 aliphatic carbocycles. The third-order valence-electron chi connectivity index (χ3n) is 23.1. The number of pyridine rings is 3. The maximum Gasteiger partial charge on any atom is 0.164 e. The van der Waals surface area contributed by atoms with Crippen LogP contribution in [-0.4, -0.2) is 59.8 Å². The summed E-state index contributed by atoms with van der Waals surface area (Å²) in [6.07, 6.45) is 3.79. The van der Waals surface area contributed by atoms with Crippen LogP contribution in [0.15, 0.2) is 437 Å². The maximum absolute atomic E-state index is 5.02. The molecule has 0 radical (unpaired) electrons. The molecule has 0 fully saturated rings. The predicted molar refractivity (Wildman–Crippen MR) is 516 cm³/mol. The number of rotatable bonds is 12. The molecule has 18 aromatic carbocycles. The highest BCUT2D eigenvalue weighted by molar-refractivity contribution is 5.97. The zero-order chi connectivity index (χ0) is 83.6. The average molecular weight is 1610 g/mol. The molecule has 0 aliphatic rings. The zero-order valence-corrected chi connectivity index (χ0v) is 67.9. The molecule has 24 aromatic rings. The Morgan fingerprint density at radius 1 is 0.135 bits per heavy atom. The van der Waals surface area contributed by atoms with E-state index >= 15 is 0 Å². The van der Waals surface area contributed by atoms with Crippen LogP contribution in [0.2, 0.25) is 0 Å². The van der Waals surface area contributed by atoms with Gasteiger partial charge in [-0.2, -0.15) is 0 Å². The Morgan fingerprint density at radius 3 is 0.817 bits per heavy atom. The van der Waals surface area contributed by atoms with Gasteiger partial charge in [0.05, 0.1) is 22.4 Å². The molecule has 0 unspecified atom stereocenters. The smallest absolute Gasteiger partial charge is 0.164 e. The largest absolute Gasteiger partial charge is 0.256 e. The van der Waals surface area contributed by atoms with Crippen LogP contribution in [0.4, 0.5) is 0 Å². The molecule has 24 rings (SSSR count). The second kappa shape index (κ2) is 33.1. The van der Waals surface area contributed by atoms with Gasteiger partial charge >= 0.3 is 0 Å². The molecule has 0 bridgehead atoms. The molecule has 588 valence electrons. The van der Waals surface area contributed by atoms with Crippen LogP contribution in [0.25, 0.3) is 233 Å². The van der Waals surface area contributed by atoms with Gasteiger partial charge in [-0.3, -0.25) is 9.97 Å². The zero-order valence-electron chi connectivity index (χ0n) is 67.9. The Kier molecular flexibility index (Phi) is 19.7. The molecule has 0 saturated carbocycles. The van der Waals surface area contributed by atoms with Gasteiger partial charge in [0.1, 0.15) is 0 Å². The van der Waals surface area contributed by atoms with Crippen molar-refractivity contribution in [3.63, 3.8) is 0 Å². The lowest BCUT2D eigenvalue weighted by Crippen LogP contribution is -2.00. The monoisotopic (exact) mass is 1610 g/mol. The second-order valence-corrected chi connectivity index (χ2v) is 31.2. The summed E-state index contributed by atoms with van der Waals surface area (Å²) in [6, 6.07) is 146. The molecule has 6 heterocycles. The van der Waals surface area contributed by atoms with Gasteiger partial charge in [0.15, 0.2) is 52.4 Å². The van der Waals surface area contributed by atoms with Crippen molar-refractivity contribution in [3.05, 3.63) is 437 Å². The molecular weight excluding hydrogens is 1540 g/mol. The van der Waals surface area contributed by atoms with E-state index in [1.54, 1.807) is 0 Å². The minimum atomic E-state index is 0.624. The van der Waals surface area contributed by atoms with E-state index in [1.807, 2.05) is 73.1 Å². The van der Waals surface area contributed by atoms with E-state index in [0.717, 1.165) is 149 Å². The topological polar surface area (TPSA) is 155 Å². The van der Waals surface area contributed by atoms with E-state index < -0.39 is 0 Å². The van der Waals surface area contributed by atoms with Crippen molar-refractivity contribution in [1.29, 1.82) is 0 Å². The lowest BCUT2D eigenvalue weighted by molar-refractivity contribution is 1.07. The van der Waals surface area contributed by atoms with Gasteiger partial charge in [-0.15, -0.1) is 0 Å². The number of hydrogen-bond donors (Lipinski definition) is 0. The Hall–Kier alpha value is -17.2. The van der Waals surface area contributed by atoms with Gasteiger partial charge in [0.2, 0.25) is 0 Å². The minimum absolute atomic E-state index is 0.624. The molecule has 6 aromatic heterocycles. The van der Waals surface area contributed by atoms with E-state index in [-0.39, 0.29) is 0 Å². The lowest BCUT2D eigenvalue weighted by Gasteiger charge is -2.11. The van der Waals surface area contributed by atoms with Gasteiger partial charge in [-0.05, 0) is 154 Å². The van der Waals surface area contributed by atoms with Gasteiger partial charge in [0, 0.05) is 95.3 Å². The summed E-state index contributed by atoms with van der Waals surface area (Å²) in [5, 5.41) is 18.5. The van der Waals surface area contributed by atoms with E-state index in [9.17, 15) is 0 Å². The summed E-state index contributed by atoms with van der Waals surface area (Å²) in [5.41, 5.74) is 16.5. The van der Waals surface area contributed by atoms with Crippen molar-refractivity contribution < 1.29 is 0 Å². The summed E-state index contributed by atoms with van der Waals surface area (Å²) in [7, 11) is 0. The number of benzene rings is 18. The van der Waals surface area contributed by atoms with Crippen LogP contribution in [0.5, 0.6) is 0 Å². The molecule has 12 heteroatoms. The van der Waals surface area contributed by atoms with Crippen LogP contribution in [0, 0.1) is 0 Å². The summed E-state index contributed by atoms with van der Waals surface area (Å²) in [5.74, 6) is 5.75. The maximum atomic E-state index is 5.02. The SMILES string of the molecule is c1cc(-c2ccc3ccccc3n2)cc(-c2nc(-c3ccc4ccccc4c3)nc(-c3ccc4ccccc4c3)n2)c1.c1cc(-c2nc(-c3ccc4ccccc4c3)nc(-c3ccc4ccccc4c3)n2)cc(-c2nccc3ccccc23)c1.c1ccc2cc(-c3nc(-c4ccc(-c5cnc6ccccc6c5)cc4)nc(-c4ccc5ccccc5c4)n3)ccc2c1. The first kappa shape index (κ1) is 75.0. The fourth-order valence-electron chi connectivity index (χ4n) is 16.5. The fourth-order valence-corrected chi connectivity index (χ4v) is 16.5.